The van der Waals surface area contributed by atoms with Crippen LogP contribution >= 0.6 is 22.7 Å². The number of hydrogen-bond acceptors (Lipinski definition) is 4. The molecule has 3 atom stereocenters. The highest BCUT2D eigenvalue weighted by Gasteiger charge is 2.70. The van der Waals surface area contributed by atoms with E-state index < -0.39 is 0 Å². The molecule has 6 aliphatic rings. The second-order valence-corrected chi connectivity index (χ2v) is 20.0. The van der Waals surface area contributed by atoms with Crippen molar-refractivity contribution in [2.75, 3.05) is 0 Å². The Bertz CT molecular complexity index is 4150. The van der Waals surface area contributed by atoms with Gasteiger partial charge in [0.2, 0.25) is 0 Å². The molecule has 1 spiro atoms. The van der Waals surface area contributed by atoms with E-state index in [1.165, 1.54) is 123 Å². The molecule has 12 aromatic rings. The third kappa shape index (κ3) is 2.76. The summed E-state index contributed by atoms with van der Waals surface area (Å²) < 4.78 is 7.88. The fraction of sp³-hybridized carbons (Fsp3) is 0.0909. The molecule has 6 aliphatic carbocycles. The van der Waals surface area contributed by atoms with Crippen molar-refractivity contribution in [3.63, 3.8) is 0 Å². The molecule has 0 radical (unpaired) electrons. The van der Waals surface area contributed by atoms with E-state index in [1.807, 2.05) is 22.7 Å². The van der Waals surface area contributed by atoms with Gasteiger partial charge in [-0.15, -0.1) is 22.7 Å². The van der Waals surface area contributed by atoms with E-state index in [-0.39, 0.29) is 29.1 Å². The van der Waals surface area contributed by atoms with Crippen molar-refractivity contribution in [2.45, 2.75) is 29.1 Å². The first kappa shape index (κ1) is 30.1. The molecule has 2 bridgehead atoms. The third-order valence-electron chi connectivity index (χ3n) is 16.0. The summed E-state index contributed by atoms with van der Waals surface area (Å²) in [5.74, 6) is 0.282. The first-order chi connectivity index (χ1) is 29.7. The quantitative estimate of drug-likeness (QED) is 0.154. The normalized spacial score (nSPS) is 22.0. The summed E-state index contributed by atoms with van der Waals surface area (Å²) in [4.78, 5) is 0. The Kier molecular flexibility index (Phi) is 4.71. The first-order valence-corrected chi connectivity index (χ1v) is 22.5. The molecular weight excluding hydrogens is 767 g/mol. The standard InChI is InChI=1S/C55H25N3S2/c56-22-24-20-34-42(45-38(24)40-26-10-1-3-12-28(26)41(45)29-13-4-2-11-27(29)40)47-52-48(54-49-44-36(59-53(47)49)18-9-19-37(44)60-54)43-35(58(34)52)21-25(23-57)39-46(43)51-31-15-6-8-17-33(31)55(51)32-16-7-5-14-30(32)50(39)55/h1-21,40-41,50-51H. The molecule has 0 amide bonds. The van der Waals surface area contributed by atoms with Crippen LogP contribution in [0, 0.1) is 22.7 Å². The molecule has 8 aromatic carbocycles. The molecule has 0 saturated carbocycles. The fourth-order valence-electron chi connectivity index (χ4n) is 14.3. The predicted octanol–water partition coefficient (Wildman–Crippen LogP) is 13.5. The van der Waals surface area contributed by atoms with Crippen LogP contribution < -0.4 is 0 Å². The van der Waals surface area contributed by atoms with Gasteiger partial charge in [-0.05, 0) is 91.0 Å². The molecule has 0 aliphatic heterocycles. The summed E-state index contributed by atoms with van der Waals surface area (Å²) in [6, 6.07) is 52.9. The van der Waals surface area contributed by atoms with Crippen molar-refractivity contribution in [1.29, 1.82) is 10.5 Å². The zero-order valence-corrected chi connectivity index (χ0v) is 33.2. The zero-order chi connectivity index (χ0) is 38.7. The van der Waals surface area contributed by atoms with Crippen molar-refractivity contribution in [3.8, 4) is 12.1 Å². The van der Waals surface area contributed by atoms with Gasteiger partial charge in [-0.1, -0.05) is 103 Å². The lowest BCUT2D eigenvalue weighted by molar-refractivity contribution is 0.333. The van der Waals surface area contributed by atoms with Gasteiger partial charge in [0, 0.05) is 80.2 Å². The molecule has 0 fully saturated rings. The smallest absolute Gasteiger partial charge is 0.0995 e. The van der Waals surface area contributed by atoms with Crippen LogP contribution in [-0.2, 0) is 5.41 Å². The summed E-state index contributed by atoms with van der Waals surface area (Å²) in [5.41, 5.74) is 20.8. The summed E-state index contributed by atoms with van der Waals surface area (Å²) in [6.07, 6.45) is 0. The number of fused-ring (bicyclic) bond motifs is 16. The summed E-state index contributed by atoms with van der Waals surface area (Å²) >= 11 is 3.87. The molecule has 5 heteroatoms. The molecule has 4 aromatic heterocycles. The molecular formula is C55H25N3S2. The van der Waals surface area contributed by atoms with Crippen LogP contribution in [0.3, 0.4) is 0 Å². The molecule has 0 saturated heterocycles. The van der Waals surface area contributed by atoms with Gasteiger partial charge >= 0.3 is 0 Å². The Labute approximate surface area is 349 Å². The topological polar surface area (TPSA) is 52.0 Å². The minimum absolute atomic E-state index is 0.00363. The van der Waals surface area contributed by atoms with E-state index in [1.54, 1.807) is 0 Å². The lowest BCUT2D eigenvalue weighted by Crippen LogP contribution is -2.52. The second kappa shape index (κ2) is 9.38. The Morgan fingerprint density at radius 2 is 0.917 bits per heavy atom. The van der Waals surface area contributed by atoms with Gasteiger partial charge in [0.05, 0.1) is 39.8 Å². The number of thiophene rings is 2. The molecule has 18 rings (SSSR count). The van der Waals surface area contributed by atoms with E-state index in [2.05, 4.69) is 144 Å². The lowest BCUT2D eigenvalue weighted by Gasteiger charge is -2.58. The predicted molar refractivity (Wildman–Crippen MR) is 242 cm³/mol. The van der Waals surface area contributed by atoms with Crippen LogP contribution in [0.2, 0.25) is 0 Å². The third-order valence-corrected chi connectivity index (χ3v) is 18.3. The minimum Gasteiger partial charge on any atom is -0.308 e. The lowest BCUT2D eigenvalue weighted by atomic mass is 9.43. The monoisotopic (exact) mass is 791 g/mol. The van der Waals surface area contributed by atoms with E-state index in [9.17, 15) is 10.5 Å². The Hall–Kier alpha value is -7.02. The summed E-state index contributed by atoms with van der Waals surface area (Å²) in [6.45, 7) is 0. The molecule has 4 heterocycles. The second-order valence-electron chi connectivity index (χ2n) is 17.8. The molecule has 60 heavy (non-hydrogen) atoms. The van der Waals surface area contributed by atoms with Crippen LogP contribution in [0.15, 0.2) is 127 Å². The van der Waals surface area contributed by atoms with E-state index in [4.69, 9.17) is 0 Å². The van der Waals surface area contributed by atoms with Gasteiger partial charge in [-0.25, -0.2) is 0 Å². The number of nitrogens with zero attached hydrogens (tertiary/aromatic N) is 3. The number of benzene rings is 8. The molecule has 3 unspecified atom stereocenters. The van der Waals surface area contributed by atoms with Gasteiger partial charge < -0.3 is 4.40 Å². The Balaban J connectivity index is 1.14. The highest BCUT2D eigenvalue weighted by molar-refractivity contribution is 7.33. The highest BCUT2D eigenvalue weighted by atomic mass is 32.1. The van der Waals surface area contributed by atoms with Crippen molar-refractivity contribution in [1.82, 2.24) is 4.40 Å². The van der Waals surface area contributed by atoms with Crippen molar-refractivity contribution < 1.29 is 0 Å². The maximum absolute atomic E-state index is 11.3. The molecule has 272 valence electrons. The Morgan fingerprint density at radius 3 is 1.47 bits per heavy atom. The largest absolute Gasteiger partial charge is 0.308 e. The SMILES string of the molecule is N#Cc1cc2c(c3c1C1c4ccccc4C3c3ccccc31)c1c3sc4cccc5sc(c3c45)c3c4c5c(c(C#N)cc4n2c13)C1c2ccccc2C12c1ccccc1C52. The van der Waals surface area contributed by atoms with Crippen LogP contribution in [0.4, 0.5) is 0 Å². The van der Waals surface area contributed by atoms with Crippen molar-refractivity contribution in [3.05, 3.63) is 205 Å². The first-order valence-electron chi connectivity index (χ1n) is 20.9. The van der Waals surface area contributed by atoms with Crippen LogP contribution in [0.5, 0.6) is 0 Å². The van der Waals surface area contributed by atoms with Crippen LogP contribution in [0.25, 0.3) is 67.7 Å². The van der Waals surface area contributed by atoms with Crippen LogP contribution in [0.1, 0.15) is 102 Å². The molecule has 3 nitrogen and oxygen atoms in total. The van der Waals surface area contributed by atoms with Gasteiger partial charge in [0.1, 0.15) is 0 Å². The van der Waals surface area contributed by atoms with Gasteiger partial charge in [-0.2, -0.15) is 10.5 Å². The van der Waals surface area contributed by atoms with Crippen LogP contribution in [-0.4, -0.2) is 4.40 Å². The fourth-order valence-corrected chi connectivity index (χ4v) is 17.0. The number of hydrogen-bond donors (Lipinski definition) is 0. The number of rotatable bonds is 0. The number of nitriles is 2. The zero-order valence-electron chi connectivity index (χ0n) is 31.6. The number of aromatic nitrogens is 1. The summed E-state index contributed by atoms with van der Waals surface area (Å²) in [5, 5.41) is 30.5. The maximum Gasteiger partial charge on any atom is 0.0995 e. The van der Waals surface area contributed by atoms with E-state index >= 15 is 0 Å². The van der Waals surface area contributed by atoms with E-state index in [0.29, 0.717) is 0 Å². The van der Waals surface area contributed by atoms with Gasteiger partial charge in [0.15, 0.2) is 0 Å². The molecule has 0 N–H and O–H groups in total. The van der Waals surface area contributed by atoms with Crippen molar-refractivity contribution >= 4 is 90.3 Å². The average Bonchev–Trinajstić information content (AvgIpc) is 4.08. The van der Waals surface area contributed by atoms with Gasteiger partial charge in [0.25, 0.3) is 0 Å². The average molecular weight is 792 g/mol. The van der Waals surface area contributed by atoms with E-state index in [0.717, 1.165) is 22.2 Å². The van der Waals surface area contributed by atoms with Gasteiger partial charge in [-0.3, -0.25) is 0 Å². The Morgan fingerprint density at radius 1 is 0.450 bits per heavy atom. The van der Waals surface area contributed by atoms with Crippen molar-refractivity contribution in [2.24, 2.45) is 0 Å². The maximum atomic E-state index is 11.3. The summed E-state index contributed by atoms with van der Waals surface area (Å²) in [7, 11) is 0. The minimum atomic E-state index is -0.169. The highest BCUT2D eigenvalue weighted by Crippen LogP contribution is 2.78.